The van der Waals surface area contributed by atoms with Crippen molar-refractivity contribution in [1.29, 1.82) is 0 Å². The number of aliphatic imine (C=N–C) groups is 1. The Hall–Kier alpha value is -1.13. The molecule has 0 spiro atoms. The third-order valence-corrected chi connectivity index (χ3v) is 1.38. The Morgan fingerprint density at radius 1 is 1.55 bits per heavy atom. The van der Waals surface area contributed by atoms with Gasteiger partial charge in [0.25, 0.3) is 0 Å². The summed E-state index contributed by atoms with van der Waals surface area (Å²) in [4.78, 5) is 13.8. The molecule has 0 heterocycles. The van der Waals surface area contributed by atoms with Gasteiger partial charge in [-0.15, -0.1) is 0 Å². The highest BCUT2D eigenvalue weighted by atomic mass is 16.3. The molecule has 0 aromatic carbocycles. The highest BCUT2D eigenvalue weighted by Crippen LogP contribution is 2.01. The van der Waals surface area contributed by atoms with E-state index in [1.54, 1.807) is 0 Å². The molecule has 64 valence electrons. The summed E-state index contributed by atoms with van der Waals surface area (Å²) in [5.74, 6) is 0.0609. The first kappa shape index (κ1) is 9.87. The predicted molar refractivity (Wildman–Crippen MR) is 45.2 cm³/mol. The predicted octanol–water partition coefficient (Wildman–Crippen LogP) is 0.195. The molecule has 0 radical (unpaired) electrons. The quantitative estimate of drug-likeness (QED) is 0.340. The number of rotatable bonds is 5. The number of nitrogens with two attached hydrogens (primary N) is 2. The lowest BCUT2D eigenvalue weighted by Crippen LogP contribution is -2.23. The van der Waals surface area contributed by atoms with Crippen LogP contribution in [0.4, 0.5) is 0 Å². The fourth-order valence-corrected chi connectivity index (χ4v) is 0.674. The van der Waals surface area contributed by atoms with Crippen LogP contribution in [0.3, 0.4) is 0 Å². The van der Waals surface area contributed by atoms with Crippen molar-refractivity contribution in [1.82, 2.24) is 0 Å². The van der Waals surface area contributed by atoms with Gasteiger partial charge in [0.1, 0.15) is 0 Å². The molecule has 11 heavy (non-hydrogen) atoms. The van der Waals surface area contributed by atoms with Gasteiger partial charge in [0, 0.05) is 6.54 Å². The molecule has 0 aromatic heterocycles. The highest BCUT2D eigenvalue weighted by Gasteiger charge is 2.03. The molecule has 0 aromatic rings. The summed E-state index contributed by atoms with van der Waals surface area (Å²) in [5.41, 5.74) is 10.2. The van der Waals surface area contributed by atoms with E-state index in [9.17, 15) is 4.91 Å². The van der Waals surface area contributed by atoms with Crippen LogP contribution in [0.15, 0.2) is 10.2 Å². The van der Waals surface area contributed by atoms with Crippen LogP contribution in [0.5, 0.6) is 0 Å². The SMILES string of the molecule is CCC(CCN=C(N)N)N=O. The Labute approximate surface area is 65.8 Å². The maximum absolute atomic E-state index is 10.1. The van der Waals surface area contributed by atoms with Crippen molar-refractivity contribution in [3.63, 3.8) is 0 Å². The minimum atomic E-state index is -0.155. The molecule has 1 atom stereocenters. The summed E-state index contributed by atoms with van der Waals surface area (Å²) in [6.45, 7) is 2.38. The third-order valence-electron chi connectivity index (χ3n) is 1.38. The Morgan fingerprint density at radius 2 is 2.18 bits per heavy atom. The number of guanidine groups is 1. The molecule has 0 aliphatic carbocycles. The van der Waals surface area contributed by atoms with E-state index in [4.69, 9.17) is 11.5 Å². The average molecular weight is 158 g/mol. The second kappa shape index (κ2) is 5.64. The first-order valence-corrected chi connectivity index (χ1v) is 3.58. The Bertz CT molecular complexity index is 142. The van der Waals surface area contributed by atoms with Crippen LogP contribution in [0.1, 0.15) is 19.8 Å². The van der Waals surface area contributed by atoms with Crippen molar-refractivity contribution in [2.75, 3.05) is 6.54 Å². The molecule has 0 bridgehead atoms. The fraction of sp³-hybridized carbons (Fsp3) is 0.833. The van der Waals surface area contributed by atoms with E-state index in [1.165, 1.54) is 0 Å². The van der Waals surface area contributed by atoms with Crippen LogP contribution >= 0.6 is 0 Å². The van der Waals surface area contributed by atoms with Crippen molar-refractivity contribution in [3.8, 4) is 0 Å². The van der Waals surface area contributed by atoms with Crippen LogP contribution in [-0.2, 0) is 0 Å². The molecule has 0 aliphatic heterocycles. The van der Waals surface area contributed by atoms with E-state index in [0.29, 0.717) is 13.0 Å². The number of hydrogen-bond donors (Lipinski definition) is 2. The van der Waals surface area contributed by atoms with E-state index in [2.05, 4.69) is 10.2 Å². The highest BCUT2D eigenvalue weighted by molar-refractivity contribution is 5.75. The molecule has 0 aliphatic rings. The molecular formula is C6H14N4O. The minimum absolute atomic E-state index is 0.0609. The van der Waals surface area contributed by atoms with Gasteiger partial charge >= 0.3 is 0 Å². The molecule has 1 unspecified atom stereocenters. The Kier molecular flexibility index (Phi) is 5.06. The number of hydrogen-bond acceptors (Lipinski definition) is 3. The van der Waals surface area contributed by atoms with E-state index >= 15 is 0 Å². The van der Waals surface area contributed by atoms with Crippen molar-refractivity contribution >= 4 is 5.96 Å². The van der Waals surface area contributed by atoms with Gasteiger partial charge in [-0.2, -0.15) is 4.91 Å². The monoisotopic (exact) mass is 158 g/mol. The van der Waals surface area contributed by atoms with Crippen molar-refractivity contribution < 1.29 is 0 Å². The summed E-state index contributed by atoms with van der Waals surface area (Å²) in [7, 11) is 0. The second-order valence-corrected chi connectivity index (χ2v) is 2.26. The maximum atomic E-state index is 10.1. The van der Waals surface area contributed by atoms with Gasteiger partial charge in [0.15, 0.2) is 5.96 Å². The molecule has 5 nitrogen and oxygen atoms in total. The van der Waals surface area contributed by atoms with Gasteiger partial charge in [0.05, 0.1) is 6.04 Å². The zero-order valence-corrected chi connectivity index (χ0v) is 6.66. The summed E-state index contributed by atoms with van der Waals surface area (Å²) >= 11 is 0. The molecular weight excluding hydrogens is 144 g/mol. The first-order chi connectivity index (χ1) is 5.20. The van der Waals surface area contributed by atoms with Gasteiger partial charge in [-0.3, -0.25) is 4.99 Å². The second-order valence-electron chi connectivity index (χ2n) is 2.26. The van der Waals surface area contributed by atoms with E-state index in [-0.39, 0.29) is 12.0 Å². The molecule has 0 rings (SSSR count). The molecule has 0 fully saturated rings. The van der Waals surface area contributed by atoms with Gasteiger partial charge in [-0.25, -0.2) is 0 Å². The number of nitrogens with zero attached hydrogens (tertiary/aromatic N) is 2. The van der Waals surface area contributed by atoms with Gasteiger partial charge in [0.2, 0.25) is 0 Å². The topological polar surface area (TPSA) is 93.8 Å². The van der Waals surface area contributed by atoms with Crippen LogP contribution in [-0.4, -0.2) is 18.5 Å². The normalized spacial score (nSPS) is 12.1. The average Bonchev–Trinajstić information content (AvgIpc) is 1.98. The van der Waals surface area contributed by atoms with Gasteiger partial charge in [-0.05, 0) is 12.8 Å². The summed E-state index contributed by atoms with van der Waals surface area (Å²) in [6, 6.07) is -0.155. The first-order valence-electron chi connectivity index (χ1n) is 3.58. The summed E-state index contributed by atoms with van der Waals surface area (Å²) in [6.07, 6.45) is 1.36. The zero-order chi connectivity index (χ0) is 8.69. The van der Waals surface area contributed by atoms with Crippen molar-refractivity contribution in [2.45, 2.75) is 25.8 Å². The largest absolute Gasteiger partial charge is 0.370 e. The molecule has 0 saturated carbocycles. The minimum Gasteiger partial charge on any atom is -0.370 e. The summed E-state index contributed by atoms with van der Waals surface area (Å²) in [5, 5.41) is 2.90. The Balaban J connectivity index is 3.51. The smallest absolute Gasteiger partial charge is 0.185 e. The lowest BCUT2D eigenvalue weighted by molar-refractivity contribution is 0.602. The molecule has 4 N–H and O–H groups in total. The molecule has 5 heteroatoms. The lowest BCUT2D eigenvalue weighted by atomic mass is 10.2. The van der Waals surface area contributed by atoms with Crippen LogP contribution < -0.4 is 11.5 Å². The van der Waals surface area contributed by atoms with Crippen LogP contribution in [0, 0.1) is 4.91 Å². The van der Waals surface area contributed by atoms with Crippen LogP contribution in [0.25, 0.3) is 0 Å². The van der Waals surface area contributed by atoms with Gasteiger partial charge in [-0.1, -0.05) is 12.1 Å². The Morgan fingerprint density at radius 3 is 2.55 bits per heavy atom. The lowest BCUT2D eigenvalue weighted by Gasteiger charge is -2.01. The van der Waals surface area contributed by atoms with Crippen LogP contribution in [0.2, 0.25) is 0 Å². The van der Waals surface area contributed by atoms with Crippen molar-refractivity contribution in [3.05, 3.63) is 4.91 Å². The molecule has 0 amide bonds. The van der Waals surface area contributed by atoms with Gasteiger partial charge < -0.3 is 11.5 Å². The van der Waals surface area contributed by atoms with Crippen molar-refractivity contribution in [2.24, 2.45) is 21.6 Å². The maximum Gasteiger partial charge on any atom is 0.185 e. The zero-order valence-electron chi connectivity index (χ0n) is 6.66. The fourth-order valence-electron chi connectivity index (χ4n) is 0.674. The van der Waals surface area contributed by atoms with E-state index in [1.807, 2.05) is 6.92 Å². The third kappa shape index (κ3) is 5.32. The standard InChI is InChI=1S/C6H14N4O/c1-2-5(10-11)3-4-9-6(7)8/h5H,2-4H2,1H3,(H4,7,8,9). The number of nitroso groups, excluding NO2 is 1. The van der Waals surface area contributed by atoms with E-state index < -0.39 is 0 Å². The van der Waals surface area contributed by atoms with E-state index in [0.717, 1.165) is 6.42 Å². The molecule has 0 saturated heterocycles. The summed E-state index contributed by atoms with van der Waals surface area (Å²) < 4.78 is 0.